The fourth-order valence-corrected chi connectivity index (χ4v) is 3.95. The largest absolute Gasteiger partial charge is 0.481 e. The van der Waals surface area contributed by atoms with Crippen molar-refractivity contribution in [3.8, 4) is 0 Å². The lowest BCUT2D eigenvalue weighted by atomic mass is 9.76. The average Bonchev–Trinajstić information content (AvgIpc) is 2.89. The van der Waals surface area contributed by atoms with Crippen LogP contribution in [0.3, 0.4) is 0 Å². The van der Waals surface area contributed by atoms with E-state index in [0.717, 1.165) is 19.8 Å². The van der Waals surface area contributed by atoms with Gasteiger partial charge in [0.1, 0.15) is 0 Å². The molecule has 0 heterocycles. The molecule has 0 aromatic carbocycles. The summed E-state index contributed by atoms with van der Waals surface area (Å²) in [6.45, 7) is 2.59. The second kappa shape index (κ2) is 23.0. The van der Waals surface area contributed by atoms with Crippen molar-refractivity contribution in [3.63, 3.8) is 0 Å². The third-order valence-electron chi connectivity index (χ3n) is 6.39. The van der Waals surface area contributed by atoms with Crippen molar-refractivity contribution < 1.29 is 59.3 Å². The summed E-state index contributed by atoms with van der Waals surface area (Å²) >= 11 is 0. The Hall–Kier alpha value is -2.67. The first-order valence-electron chi connectivity index (χ1n) is 14.3. The molecule has 6 N–H and O–H groups in total. The van der Waals surface area contributed by atoms with Gasteiger partial charge in [0.25, 0.3) is 5.60 Å². The maximum absolute atomic E-state index is 11.7. The molecular formula is C29H50O12. The summed E-state index contributed by atoms with van der Waals surface area (Å²) < 4.78 is 3.97. The molecule has 0 saturated carbocycles. The molecule has 0 radical (unpaired) electrons. The lowest BCUT2D eigenvalue weighted by Gasteiger charge is -2.36. The first kappa shape index (κ1) is 40.5. The van der Waals surface area contributed by atoms with Crippen LogP contribution in [0.2, 0.25) is 0 Å². The molecule has 0 bridgehead atoms. The minimum Gasteiger partial charge on any atom is -0.481 e. The molecule has 0 aliphatic rings. The molecular weight excluding hydrogens is 540 g/mol. The van der Waals surface area contributed by atoms with Crippen LogP contribution in [-0.2, 0) is 28.7 Å². The van der Waals surface area contributed by atoms with Crippen molar-refractivity contribution in [1.82, 2.24) is 0 Å². The lowest BCUT2D eigenvalue weighted by Crippen LogP contribution is -2.69. The SMILES string of the molecule is CC(=O)OC(=O)C(O)(C(C)=O)C(O)(CC(O)CO)C(=O)O.CCCCCCCC/C=C\CCCCCCCC(=O)O. The number of ketones is 1. The van der Waals surface area contributed by atoms with E-state index in [9.17, 15) is 39.3 Å². The van der Waals surface area contributed by atoms with E-state index in [1.165, 1.54) is 70.6 Å². The Labute approximate surface area is 242 Å². The van der Waals surface area contributed by atoms with Crippen molar-refractivity contribution in [2.75, 3.05) is 6.61 Å². The van der Waals surface area contributed by atoms with E-state index in [4.69, 9.17) is 15.3 Å². The normalized spacial score (nSPS) is 14.7. The number of ether oxygens (including phenoxy) is 1. The van der Waals surface area contributed by atoms with Crippen LogP contribution in [0.25, 0.3) is 0 Å². The highest BCUT2D eigenvalue weighted by Crippen LogP contribution is 2.31. The highest BCUT2D eigenvalue weighted by molar-refractivity contribution is 6.13. The Kier molecular flexibility index (Phi) is 22.7. The topological polar surface area (TPSA) is 216 Å². The third kappa shape index (κ3) is 17.0. The number of aliphatic hydroxyl groups excluding tert-OH is 2. The van der Waals surface area contributed by atoms with Crippen LogP contribution in [0.5, 0.6) is 0 Å². The molecule has 41 heavy (non-hydrogen) atoms. The minimum absolute atomic E-state index is 0.332. The zero-order chi connectivity index (χ0) is 31.9. The van der Waals surface area contributed by atoms with Gasteiger partial charge < -0.3 is 35.4 Å². The number of carbonyl (C=O) groups excluding carboxylic acids is 3. The summed E-state index contributed by atoms with van der Waals surface area (Å²) in [5, 5.41) is 55.5. The summed E-state index contributed by atoms with van der Waals surface area (Å²) in [5.74, 6) is -7.67. The van der Waals surface area contributed by atoms with Gasteiger partial charge in [-0.1, -0.05) is 70.4 Å². The smallest absolute Gasteiger partial charge is 0.357 e. The highest BCUT2D eigenvalue weighted by atomic mass is 16.6. The third-order valence-corrected chi connectivity index (χ3v) is 6.39. The predicted molar refractivity (Wildman–Crippen MR) is 150 cm³/mol. The van der Waals surface area contributed by atoms with E-state index in [-0.39, 0.29) is 0 Å². The van der Waals surface area contributed by atoms with Gasteiger partial charge in [-0.15, -0.1) is 0 Å². The van der Waals surface area contributed by atoms with Gasteiger partial charge in [-0.3, -0.25) is 14.4 Å². The van der Waals surface area contributed by atoms with Crippen LogP contribution in [-0.4, -0.2) is 84.2 Å². The predicted octanol–water partition coefficient (Wildman–Crippen LogP) is 3.06. The van der Waals surface area contributed by atoms with Gasteiger partial charge in [-0.25, -0.2) is 9.59 Å². The second-order valence-electron chi connectivity index (χ2n) is 10.1. The number of aliphatic carboxylic acids is 2. The molecule has 0 aromatic heterocycles. The fraction of sp³-hybridized carbons (Fsp3) is 0.759. The van der Waals surface area contributed by atoms with E-state index in [1.807, 2.05) is 0 Å². The number of aliphatic hydroxyl groups is 4. The molecule has 3 atom stereocenters. The van der Waals surface area contributed by atoms with Gasteiger partial charge in [0.2, 0.25) is 5.60 Å². The van der Waals surface area contributed by atoms with E-state index in [2.05, 4.69) is 23.8 Å². The number of rotatable bonds is 22. The first-order valence-corrected chi connectivity index (χ1v) is 14.3. The van der Waals surface area contributed by atoms with Crippen LogP contribution in [0.1, 0.15) is 117 Å². The summed E-state index contributed by atoms with van der Waals surface area (Å²) in [5.41, 5.74) is -7.14. The molecule has 0 amide bonds. The monoisotopic (exact) mass is 590 g/mol. The molecule has 0 aliphatic carbocycles. The van der Waals surface area contributed by atoms with Gasteiger partial charge in [-0.2, -0.15) is 0 Å². The number of carbonyl (C=O) groups is 5. The number of hydrogen-bond acceptors (Lipinski definition) is 10. The van der Waals surface area contributed by atoms with Crippen LogP contribution in [0, 0.1) is 0 Å². The lowest BCUT2D eigenvalue weighted by molar-refractivity contribution is -0.214. The van der Waals surface area contributed by atoms with Crippen molar-refractivity contribution in [3.05, 3.63) is 12.2 Å². The Morgan fingerprint density at radius 2 is 1.24 bits per heavy atom. The number of esters is 2. The average molecular weight is 591 g/mol. The van der Waals surface area contributed by atoms with Gasteiger partial charge in [0, 0.05) is 19.8 Å². The second-order valence-corrected chi connectivity index (χ2v) is 10.1. The number of carboxylic acid groups (broad SMARTS) is 2. The number of Topliss-reactive ketones (excluding diaryl/α,β-unsaturated/α-hetero) is 1. The Morgan fingerprint density at radius 1 is 0.780 bits per heavy atom. The molecule has 0 spiro atoms. The van der Waals surface area contributed by atoms with E-state index in [0.29, 0.717) is 13.3 Å². The molecule has 0 saturated heterocycles. The van der Waals surface area contributed by atoms with Crippen LogP contribution >= 0.6 is 0 Å². The van der Waals surface area contributed by atoms with Crippen LogP contribution in [0.15, 0.2) is 12.2 Å². The zero-order valence-corrected chi connectivity index (χ0v) is 24.7. The quantitative estimate of drug-likeness (QED) is 0.0464. The van der Waals surface area contributed by atoms with E-state index >= 15 is 0 Å². The van der Waals surface area contributed by atoms with E-state index in [1.54, 1.807) is 0 Å². The molecule has 0 rings (SSSR count). The molecule has 0 fully saturated rings. The summed E-state index contributed by atoms with van der Waals surface area (Å²) in [4.78, 5) is 55.3. The van der Waals surface area contributed by atoms with Gasteiger partial charge in [0.05, 0.1) is 12.7 Å². The minimum atomic E-state index is -3.64. The Morgan fingerprint density at radius 3 is 1.63 bits per heavy atom. The van der Waals surface area contributed by atoms with Crippen molar-refractivity contribution in [2.24, 2.45) is 0 Å². The number of unbranched alkanes of at least 4 members (excludes halogenated alkanes) is 11. The molecule has 12 heteroatoms. The van der Waals surface area contributed by atoms with Crippen molar-refractivity contribution in [1.29, 1.82) is 0 Å². The Bertz CT molecular complexity index is 825. The molecule has 12 nitrogen and oxygen atoms in total. The Balaban J connectivity index is 0. The number of allylic oxidation sites excluding steroid dienone is 2. The van der Waals surface area contributed by atoms with Gasteiger partial charge >= 0.3 is 23.9 Å². The molecule has 238 valence electrons. The zero-order valence-electron chi connectivity index (χ0n) is 24.7. The van der Waals surface area contributed by atoms with Crippen LogP contribution in [0.4, 0.5) is 0 Å². The first-order chi connectivity index (χ1) is 19.2. The molecule has 0 aliphatic heterocycles. The molecule has 3 unspecified atom stereocenters. The standard InChI is InChI=1S/C18H34O2.C11H16O10/c1-2-3-4-5-6-7-8-9-10-11-12-13-14-15-16-17-18(19)20;1-5(13)11(20,9(18)21-6(2)14)10(19,8(16)17)3-7(15)4-12/h9-10H,2-8,11-17H2,1H3,(H,19,20);7,12,15,19-20H,3-4H2,1-2H3,(H,16,17)/b10-9-;. The van der Waals surface area contributed by atoms with Crippen molar-refractivity contribution in [2.45, 2.75) is 134 Å². The van der Waals surface area contributed by atoms with Crippen molar-refractivity contribution >= 4 is 29.7 Å². The molecule has 0 aromatic rings. The fourth-order valence-electron chi connectivity index (χ4n) is 3.95. The van der Waals surface area contributed by atoms with E-state index < -0.39 is 60.0 Å². The van der Waals surface area contributed by atoms with Crippen LogP contribution < -0.4 is 0 Å². The number of hydrogen-bond donors (Lipinski definition) is 6. The summed E-state index contributed by atoms with van der Waals surface area (Å²) in [6, 6.07) is 0. The van der Waals surface area contributed by atoms with Gasteiger partial charge in [0.15, 0.2) is 5.78 Å². The number of carboxylic acids is 2. The van der Waals surface area contributed by atoms with Gasteiger partial charge in [-0.05, 0) is 39.0 Å². The maximum atomic E-state index is 11.7. The highest BCUT2D eigenvalue weighted by Gasteiger charge is 2.65. The summed E-state index contributed by atoms with van der Waals surface area (Å²) in [7, 11) is 0. The maximum Gasteiger partial charge on any atom is 0.357 e. The summed E-state index contributed by atoms with van der Waals surface area (Å²) in [6.07, 6.45) is 18.1.